The van der Waals surface area contributed by atoms with Gasteiger partial charge in [0.15, 0.2) is 11.5 Å². The first-order valence-corrected chi connectivity index (χ1v) is 14.0. The summed E-state index contributed by atoms with van der Waals surface area (Å²) in [6.45, 7) is 3.49. The van der Waals surface area contributed by atoms with E-state index >= 15 is 0 Å². The van der Waals surface area contributed by atoms with E-state index in [1.54, 1.807) is 49.4 Å². The lowest BCUT2D eigenvalue weighted by Gasteiger charge is -2.22. The SMILES string of the molecule is CCCc1cc(C(=O)O)ccc1OC(C(=O)NS(=O)(=O)c1cc2ccccc2nc1C)c1ccc2c(c1)OCO2. The number of ether oxygens (including phenoxy) is 3. The Labute approximate surface area is 230 Å². The maximum Gasteiger partial charge on any atom is 0.335 e. The van der Waals surface area contributed by atoms with Gasteiger partial charge < -0.3 is 19.3 Å². The molecule has 3 aromatic carbocycles. The van der Waals surface area contributed by atoms with Crippen LogP contribution in [0.4, 0.5) is 0 Å². The molecule has 0 saturated heterocycles. The monoisotopic (exact) mass is 562 g/mol. The second kappa shape index (κ2) is 10.9. The molecule has 5 rings (SSSR count). The Morgan fingerprint density at radius 1 is 1.05 bits per heavy atom. The molecule has 1 amide bonds. The van der Waals surface area contributed by atoms with Crippen LogP contribution in [-0.2, 0) is 21.2 Å². The van der Waals surface area contributed by atoms with Crippen LogP contribution in [0.3, 0.4) is 0 Å². The average Bonchev–Trinajstić information content (AvgIpc) is 3.39. The van der Waals surface area contributed by atoms with Crippen molar-refractivity contribution in [2.45, 2.75) is 37.7 Å². The number of nitrogens with one attached hydrogen (secondary N) is 1. The number of carboxylic acid groups (broad SMARTS) is 1. The van der Waals surface area contributed by atoms with Crippen molar-refractivity contribution < 1.29 is 37.3 Å². The fraction of sp³-hybridized carbons (Fsp3) is 0.207. The highest BCUT2D eigenvalue weighted by Gasteiger charge is 2.31. The summed E-state index contributed by atoms with van der Waals surface area (Å²) in [5.41, 5.74) is 1.81. The maximum absolute atomic E-state index is 13.7. The highest BCUT2D eigenvalue weighted by Crippen LogP contribution is 2.36. The molecule has 40 heavy (non-hydrogen) atoms. The molecule has 1 aromatic heterocycles. The summed E-state index contributed by atoms with van der Waals surface area (Å²) < 4.78 is 46.0. The Morgan fingerprint density at radius 3 is 2.60 bits per heavy atom. The normalized spacial score (nSPS) is 13.2. The van der Waals surface area contributed by atoms with Gasteiger partial charge in [0, 0.05) is 10.9 Å². The summed E-state index contributed by atoms with van der Waals surface area (Å²) >= 11 is 0. The van der Waals surface area contributed by atoms with Crippen LogP contribution in [0.25, 0.3) is 10.9 Å². The second-order valence-electron chi connectivity index (χ2n) is 9.22. The van der Waals surface area contributed by atoms with Crippen LogP contribution in [0, 0.1) is 6.92 Å². The van der Waals surface area contributed by atoms with Gasteiger partial charge in [-0.2, -0.15) is 0 Å². The molecule has 1 unspecified atom stereocenters. The molecule has 2 N–H and O–H groups in total. The quantitative estimate of drug-likeness (QED) is 0.301. The van der Waals surface area contributed by atoms with Gasteiger partial charge in [0.05, 0.1) is 16.8 Å². The van der Waals surface area contributed by atoms with E-state index in [1.807, 2.05) is 6.92 Å². The van der Waals surface area contributed by atoms with Crippen molar-refractivity contribution >= 4 is 32.8 Å². The summed E-state index contributed by atoms with van der Waals surface area (Å²) in [7, 11) is -4.35. The number of aromatic nitrogens is 1. The number of fused-ring (bicyclic) bond motifs is 2. The van der Waals surface area contributed by atoms with Gasteiger partial charge in [-0.15, -0.1) is 0 Å². The fourth-order valence-electron chi connectivity index (χ4n) is 4.47. The number of aromatic carboxylic acids is 1. The smallest absolute Gasteiger partial charge is 0.335 e. The van der Waals surface area contributed by atoms with Crippen LogP contribution in [0.5, 0.6) is 17.2 Å². The Morgan fingerprint density at radius 2 is 1.82 bits per heavy atom. The molecule has 0 aliphatic carbocycles. The van der Waals surface area contributed by atoms with E-state index < -0.39 is 28.0 Å². The molecule has 206 valence electrons. The third-order valence-electron chi connectivity index (χ3n) is 6.40. The Balaban J connectivity index is 1.53. The van der Waals surface area contributed by atoms with E-state index in [4.69, 9.17) is 14.2 Å². The minimum absolute atomic E-state index is 0.0103. The predicted octanol–water partition coefficient (Wildman–Crippen LogP) is 4.55. The van der Waals surface area contributed by atoms with Crippen molar-refractivity contribution in [3.05, 3.63) is 89.1 Å². The summed E-state index contributed by atoms with van der Waals surface area (Å²) in [5.74, 6) is -0.932. The van der Waals surface area contributed by atoms with Crippen molar-refractivity contribution in [1.82, 2.24) is 9.71 Å². The van der Waals surface area contributed by atoms with Crippen LogP contribution >= 0.6 is 0 Å². The average molecular weight is 563 g/mol. The maximum atomic E-state index is 13.7. The molecule has 0 saturated carbocycles. The number of hydrogen-bond acceptors (Lipinski definition) is 8. The molecule has 0 fully saturated rings. The van der Waals surface area contributed by atoms with Gasteiger partial charge in [0.1, 0.15) is 10.6 Å². The van der Waals surface area contributed by atoms with Gasteiger partial charge in [-0.05, 0) is 61.4 Å². The highest BCUT2D eigenvalue weighted by molar-refractivity contribution is 7.90. The number of para-hydroxylation sites is 1. The summed E-state index contributed by atoms with van der Waals surface area (Å²) in [6.07, 6.45) is -0.265. The lowest BCUT2D eigenvalue weighted by atomic mass is 10.0. The molecule has 0 radical (unpaired) electrons. The number of carboxylic acids is 1. The minimum Gasteiger partial charge on any atom is -0.478 e. The number of carbonyl (C=O) groups excluding carboxylic acids is 1. The zero-order valence-electron chi connectivity index (χ0n) is 21.7. The number of aryl methyl sites for hydroxylation is 2. The predicted molar refractivity (Wildman–Crippen MR) is 145 cm³/mol. The Kier molecular flexibility index (Phi) is 7.31. The van der Waals surface area contributed by atoms with Crippen LogP contribution < -0.4 is 18.9 Å². The second-order valence-corrected chi connectivity index (χ2v) is 10.9. The molecule has 1 aliphatic heterocycles. The van der Waals surface area contributed by atoms with Crippen molar-refractivity contribution in [2.75, 3.05) is 6.79 Å². The molecule has 10 nitrogen and oxygen atoms in total. The lowest BCUT2D eigenvalue weighted by molar-refractivity contribution is -0.126. The lowest BCUT2D eigenvalue weighted by Crippen LogP contribution is -2.37. The van der Waals surface area contributed by atoms with Gasteiger partial charge in [0.25, 0.3) is 15.9 Å². The molecular weight excluding hydrogens is 536 g/mol. The summed E-state index contributed by atoms with van der Waals surface area (Å²) in [5, 5.41) is 10.0. The standard InChI is InChI=1S/C29H26N2O8S/c1-3-6-19-13-21(29(33)34)10-11-23(19)39-27(20-9-12-24-25(14-20)38-16-37-24)28(32)31-40(35,36)26-15-18-7-4-5-8-22(18)30-17(26)2/h4-5,7-15,27H,3,6,16H2,1-2H3,(H,31,32)(H,33,34). The van der Waals surface area contributed by atoms with E-state index in [0.717, 1.165) is 0 Å². The third-order valence-corrected chi connectivity index (χ3v) is 7.86. The number of carbonyl (C=O) groups is 2. The molecule has 2 heterocycles. The van der Waals surface area contributed by atoms with E-state index in [-0.39, 0.29) is 28.7 Å². The Bertz CT molecular complexity index is 1740. The van der Waals surface area contributed by atoms with Crippen molar-refractivity contribution in [1.29, 1.82) is 0 Å². The molecule has 1 aliphatic rings. The number of sulfonamides is 1. The summed E-state index contributed by atoms with van der Waals surface area (Å²) in [6, 6.07) is 17.6. The van der Waals surface area contributed by atoms with Crippen LogP contribution in [0.2, 0.25) is 0 Å². The first-order chi connectivity index (χ1) is 19.2. The summed E-state index contributed by atoms with van der Waals surface area (Å²) in [4.78, 5) is 29.4. The molecule has 1 atom stereocenters. The van der Waals surface area contributed by atoms with Crippen molar-refractivity contribution in [2.24, 2.45) is 0 Å². The van der Waals surface area contributed by atoms with E-state index in [2.05, 4.69) is 9.71 Å². The Hall–Kier alpha value is -4.64. The van der Waals surface area contributed by atoms with Crippen LogP contribution in [-0.4, -0.2) is 37.2 Å². The molecule has 0 spiro atoms. The highest BCUT2D eigenvalue weighted by atomic mass is 32.2. The first kappa shape index (κ1) is 26.9. The number of hydrogen-bond donors (Lipinski definition) is 2. The molecule has 11 heteroatoms. The largest absolute Gasteiger partial charge is 0.478 e. The molecule has 4 aromatic rings. The molecular formula is C29H26N2O8S. The number of nitrogens with zero attached hydrogens (tertiary/aromatic N) is 1. The van der Waals surface area contributed by atoms with Gasteiger partial charge in [-0.1, -0.05) is 37.6 Å². The zero-order valence-corrected chi connectivity index (χ0v) is 22.5. The van der Waals surface area contributed by atoms with Crippen LogP contribution in [0.15, 0.2) is 71.6 Å². The minimum atomic E-state index is -4.35. The van der Waals surface area contributed by atoms with E-state index in [1.165, 1.54) is 24.3 Å². The van der Waals surface area contributed by atoms with Gasteiger partial charge >= 0.3 is 5.97 Å². The number of rotatable bonds is 9. The van der Waals surface area contributed by atoms with Gasteiger partial charge in [0.2, 0.25) is 12.9 Å². The fourth-order valence-corrected chi connectivity index (χ4v) is 5.67. The van der Waals surface area contributed by atoms with Crippen LogP contribution in [0.1, 0.15) is 46.6 Å². The van der Waals surface area contributed by atoms with Crippen molar-refractivity contribution in [3.63, 3.8) is 0 Å². The number of amides is 1. The van der Waals surface area contributed by atoms with E-state index in [9.17, 15) is 23.1 Å². The number of benzene rings is 3. The zero-order chi connectivity index (χ0) is 28.4. The van der Waals surface area contributed by atoms with Crippen molar-refractivity contribution in [3.8, 4) is 17.2 Å². The number of pyridine rings is 1. The third kappa shape index (κ3) is 5.41. The topological polar surface area (TPSA) is 141 Å². The van der Waals surface area contributed by atoms with Gasteiger partial charge in [-0.3, -0.25) is 9.78 Å². The van der Waals surface area contributed by atoms with E-state index in [0.29, 0.717) is 46.4 Å². The first-order valence-electron chi connectivity index (χ1n) is 12.5. The van der Waals surface area contributed by atoms with Gasteiger partial charge in [-0.25, -0.2) is 17.9 Å². The molecule has 0 bridgehead atoms.